The summed E-state index contributed by atoms with van der Waals surface area (Å²) in [6.45, 7) is 0.455. The van der Waals surface area contributed by atoms with Gasteiger partial charge in [-0.15, -0.1) is 11.3 Å². The first-order valence-electron chi connectivity index (χ1n) is 5.59. The highest BCUT2D eigenvalue weighted by Gasteiger charge is 2.13. The maximum atomic E-state index is 12.0. The molecule has 0 aliphatic rings. The number of nitrogens with two attached hydrogens (primary N) is 1. The molecule has 1 aromatic carbocycles. The Bertz CT molecular complexity index is 653. The van der Waals surface area contributed by atoms with Crippen molar-refractivity contribution in [2.45, 2.75) is 6.54 Å². The van der Waals surface area contributed by atoms with Crippen molar-refractivity contribution in [3.63, 3.8) is 0 Å². The Kier molecular flexibility index (Phi) is 5.31. The zero-order valence-electron chi connectivity index (χ0n) is 10.2. The number of carbonyl (C=O) groups excluding carboxylic acids is 1. The molecule has 7 heteroatoms. The first-order chi connectivity index (χ1) is 9.47. The van der Waals surface area contributed by atoms with Crippen LogP contribution in [0.15, 0.2) is 37.9 Å². The van der Waals surface area contributed by atoms with E-state index in [1.54, 1.807) is 6.07 Å². The maximum Gasteiger partial charge on any atom is 0.253 e. The van der Waals surface area contributed by atoms with Crippen molar-refractivity contribution in [3.05, 3.63) is 54.6 Å². The lowest BCUT2D eigenvalue weighted by Crippen LogP contribution is -2.22. The lowest BCUT2D eigenvalue weighted by atomic mass is 10.1. The molecule has 2 rings (SSSR count). The lowest BCUT2D eigenvalue weighted by Gasteiger charge is -2.05. The molecule has 1 amide bonds. The Morgan fingerprint density at radius 3 is 2.45 bits per heavy atom. The summed E-state index contributed by atoms with van der Waals surface area (Å²) < 4.78 is 1.72. The van der Waals surface area contributed by atoms with Crippen LogP contribution in [0.4, 0.5) is 0 Å². The molecule has 2 aromatic rings. The van der Waals surface area contributed by atoms with Gasteiger partial charge >= 0.3 is 0 Å². The fourth-order valence-corrected chi connectivity index (χ4v) is 4.49. The average molecular weight is 434 g/mol. The van der Waals surface area contributed by atoms with Gasteiger partial charge in [0.2, 0.25) is 0 Å². The SMILES string of the molecule is NC(=S)c1ccc(CNC(=O)c2cc(Br)sc2Br)cc1. The molecule has 20 heavy (non-hydrogen) atoms. The molecule has 3 N–H and O–H groups in total. The van der Waals surface area contributed by atoms with Crippen molar-refractivity contribution in [1.29, 1.82) is 0 Å². The second-order valence-electron chi connectivity index (χ2n) is 3.98. The third-order valence-corrected chi connectivity index (χ3v) is 5.17. The summed E-state index contributed by atoms with van der Waals surface area (Å²) in [5, 5.41) is 2.87. The number of thiophene rings is 1. The topological polar surface area (TPSA) is 55.1 Å². The molecule has 0 saturated carbocycles. The second-order valence-corrected chi connectivity index (χ2v) is 8.17. The van der Waals surface area contributed by atoms with Crippen molar-refractivity contribution in [2.75, 3.05) is 0 Å². The molecule has 3 nitrogen and oxygen atoms in total. The Labute approximate surface area is 142 Å². The summed E-state index contributed by atoms with van der Waals surface area (Å²) in [6.07, 6.45) is 0. The van der Waals surface area contributed by atoms with Gasteiger partial charge in [0.05, 0.1) is 13.1 Å². The maximum absolute atomic E-state index is 12.0. The molecule has 104 valence electrons. The Morgan fingerprint density at radius 1 is 1.30 bits per heavy atom. The van der Waals surface area contributed by atoms with Crippen molar-refractivity contribution in [1.82, 2.24) is 5.32 Å². The fourth-order valence-electron chi connectivity index (χ4n) is 1.56. The van der Waals surface area contributed by atoms with Crippen molar-refractivity contribution < 1.29 is 4.79 Å². The van der Waals surface area contributed by atoms with Crippen LogP contribution < -0.4 is 11.1 Å². The van der Waals surface area contributed by atoms with Crippen LogP contribution in [0.3, 0.4) is 0 Å². The van der Waals surface area contributed by atoms with Crippen LogP contribution >= 0.6 is 55.4 Å². The molecule has 0 spiro atoms. The van der Waals surface area contributed by atoms with Crippen LogP contribution in [0.1, 0.15) is 21.5 Å². The van der Waals surface area contributed by atoms with Gasteiger partial charge in [0.1, 0.15) is 4.99 Å². The highest BCUT2D eigenvalue weighted by Crippen LogP contribution is 2.31. The quantitative estimate of drug-likeness (QED) is 0.720. The van der Waals surface area contributed by atoms with E-state index in [1.165, 1.54) is 11.3 Å². The van der Waals surface area contributed by atoms with Gasteiger partial charge in [-0.1, -0.05) is 36.5 Å². The first-order valence-corrected chi connectivity index (χ1v) is 8.40. The number of thiocarbonyl (C=S) groups is 1. The zero-order chi connectivity index (χ0) is 14.7. The van der Waals surface area contributed by atoms with Crippen LogP contribution in [-0.2, 0) is 6.54 Å². The van der Waals surface area contributed by atoms with Crippen LogP contribution in [0.25, 0.3) is 0 Å². The molecule has 1 heterocycles. The number of benzene rings is 1. The van der Waals surface area contributed by atoms with Crippen molar-refractivity contribution in [2.24, 2.45) is 5.73 Å². The van der Waals surface area contributed by atoms with E-state index >= 15 is 0 Å². The lowest BCUT2D eigenvalue weighted by molar-refractivity contribution is 0.0950. The third kappa shape index (κ3) is 3.88. The smallest absolute Gasteiger partial charge is 0.253 e. The summed E-state index contributed by atoms with van der Waals surface area (Å²) in [5.41, 5.74) is 7.97. The summed E-state index contributed by atoms with van der Waals surface area (Å²) in [5.74, 6) is -0.114. The predicted molar refractivity (Wildman–Crippen MR) is 93.2 cm³/mol. The van der Waals surface area contributed by atoms with E-state index in [-0.39, 0.29) is 5.91 Å². The summed E-state index contributed by atoms with van der Waals surface area (Å²) >= 11 is 13.1. The molecule has 0 unspecified atom stereocenters. The molecule has 0 bridgehead atoms. The van der Waals surface area contributed by atoms with Crippen molar-refractivity contribution >= 4 is 66.3 Å². The Morgan fingerprint density at radius 2 is 1.95 bits per heavy atom. The van der Waals surface area contributed by atoms with Gasteiger partial charge < -0.3 is 11.1 Å². The number of rotatable bonds is 4. The number of amides is 1. The van der Waals surface area contributed by atoms with Gasteiger partial charge in [-0.2, -0.15) is 0 Å². The minimum absolute atomic E-state index is 0.114. The zero-order valence-corrected chi connectivity index (χ0v) is 15.0. The summed E-state index contributed by atoms with van der Waals surface area (Å²) in [6, 6.07) is 9.28. The molecular formula is C13H10Br2N2OS2. The molecule has 0 aliphatic carbocycles. The number of nitrogens with one attached hydrogen (secondary N) is 1. The number of carbonyl (C=O) groups is 1. The average Bonchev–Trinajstić information content (AvgIpc) is 2.75. The van der Waals surface area contributed by atoms with Crippen molar-refractivity contribution in [3.8, 4) is 0 Å². The molecule has 0 radical (unpaired) electrons. The minimum Gasteiger partial charge on any atom is -0.389 e. The van der Waals surface area contributed by atoms with E-state index in [0.29, 0.717) is 17.1 Å². The highest BCUT2D eigenvalue weighted by atomic mass is 79.9. The van der Waals surface area contributed by atoms with E-state index in [9.17, 15) is 4.79 Å². The molecule has 1 aromatic heterocycles. The summed E-state index contributed by atoms with van der Waals surface area (Å²) in [4.78, 5) is 12.4. The second kappa shape index (κ2) is 6.80. The Hall–Kier alpha value is -0.760. The van der Waals surface area contributed by atoms with Gasteiger partial charge in [0.25, 0.3) is 5.91 Å². The van der Waals surface area contributed by atoms with Crippen LogP contribution in [0.2, 0.25) is 0 Å². The molecule has 0 atom stereocenters. The number of hydrogen-bond donors (Lipinski definition) is 2. The molecule has 0 fully saturated rings. The normalized spacial score (nSPS) is 10.3. The van der Waals surface area contributed by atoms with Gasteiger partial charge in [-0.3, -0.25) is 4.79 Å². The largest absolute Gasteiger partial charge is 0.389 e. The van der Waals surface area contributed by atoms with E-state index in [2.05, 4.69) is 37.2 Å². The third-order valence-electron chi connectivity index (χ3n) is 2.59. The van der Waals surface area contributed by atoms with Crippen LogP contribution in [-0.4, -0.2) is 10.9 Å². The van der Waals surface area contributed by atoms with E-state index in [1.807, 2.05) is 24.3 Å². The standard InChI is InChI=1S/C13H10Br2N2OS2/c14-10-5-9(11(15)20-10)13(18)17-6-7-1-3-8(4-2-7)12(16)19/h1-5H,6H2,(H2,16,19)(H,17,18). The van der Waals surface area contributed by atoms with Gasteiger partial charge in [-0.05, 0) is 43.5 Å². The Balaban J connectivity index is 2.00. The molecule has 0 aliphatic heterocycles. The fraction of sp³-hybridized carbons (Fsp3) is 0.0769. The van der Waals surface area contributed by atoms with Gasteiger partial charge in [0, 0.05) is 12.1 Å². The molecule has 0 saturated heterocycles. The minimum atomic E-state index is -0.114. The van der Waals surface area contributed by atoms with E-state index in [4.69, 9.17) is 18.0 Å². The van der Waals surface area contributed by atoms with E-state index in [0.717, 1.165) is 18.7 Å². The van der Waals surface area contributed by atoms with Gasteiger partial charge in [0.15, 0.2) is 0 Å². The highest BCUT2D eigenvalue weighted by molar-refractivity contribution is 9.12. The first kappa shape index (κ1) is 15.6. The number of hydrogen-bond acceptors (Lipinski definition) is 3. The van der Waals surface area contributed by atoms with Crippen LogP contribution in [0, 0.1) is 0 Å². The monoisotopic (exact) mass is 432 g/mol. The van der Waals surface area contributed by atoms with Gasteiger partial charge in [-0.25, -0.2) is 0 Å². The number of halogens is 2. The van der Waals surface area contributed by atoms with E-state index < -0.39 is 0 Å². The summed E-state index contributed by atoms with van der Waals surface area (Å²) in [7, 11) is 0. The molecular weight excluding hydrogens is 424 g/mol. The van der Waals surface area contributed by atoms with Crippen LogP contribution in [0.5, 0.6) is 0 Å². The predicted octanol–water partition coefficient (Wildman–Crippen LogP) is 3.84.